The van der Waals surface area contributed by atoms with E-state index in [2.05, 4.69) is 39.6 Å². The molecule has 1 unspecified atom stereocenters. The van der Waals surface area contributed by atoms with Gasteiger partial charge in [0.2, 0.25) is 0 Å². The Kier molecular flexibility index (Phi) is 9.97. The van der Waals surface area contributed by atoms with Crippen LogP contribution in [0.5, 0.6) is 11.5 Å². The number of nitrogens with one attached hydrogen (secondary N) is 2. The summed E-state index contributed by atoms with van der Waals surface area (Å²) < 4.78 is 11.3. The second-order valence-corrected chi connectivity index (χ2v) is 7.39. The molecule has 6 heteroatoms. The highest BCUT2D eigenvalue weighted by atomic mass is 16.5. The lowest BCUT2D eigenvalue weighted by Gasteiger charge is -2.21. The average Bonchev–Trinajstić information content (AvgIpc) is 3.19. The molecule has 0 bridgehead atoms. The Balaban J connectivity index is 1.74. The number of hydrogen-bond acceptors (Lipinski definition) is 4. The molecule has 6 nitrogen and oxygen atoms in total. The predicted octanol–water partition coefficient (Wildman–Crippen LogP) is 2.92. The van der Waals surface area contributed by atoms with Crippen molar-refractivity contribution in [2.45, 2.75) is 40.0 Å². The van der Waals surface area contributed by atoms with Crippen molar-refractivity contribution >= 4 is 5.96 Å². The molecule has 1 aliphatic rings. The fraction of sp³-hybridized carbons (Fsp3) is 0.682. The maximum Gasteiger partial charge on any atom is 0.190 e. The Morgan fingerprint density at radius 2 is 1.82 bits per heavy atom. The Morgan fingerprint density at radius 1 is 1.11 bits per heavy atom. The standard InChI is InChI=1S/C22H38N4O2/c1-5-27-20-10-9-19(15-21(20)28-6-2)11-12-24-22(23-4)25-16-18(3)17-26-13-7-8-14-26/h9-10,15,18H,5-8,11-14,16-17H2,1-4H3,(H2,23,24,25). The Hall–Kier alpha value is -1.95. The minimum atomic E-state index is 0.608. The molecule has 1 saturated heterocycles. The van der Waals surface area contributed by atoms with E-state index in [0.717, 1.165) is 43.5 Å². The lowest BCUT2D eigenvalue weighted by Crippen LogP contribution is -2.42. The van der Waals surface area contributed by atoms with Gasteiger partial charge >= 0.3 is 0 Å². The van der Waals surface area contributed by atoms with Crippen molar-refractivity contribution in [1.29, 1.82) is 0 Å². The molecule has 0 radical (unpaired) electrons. The van der Waals surface area contributed by atoms with Crippen molar-refractivity contribution in [3.8, 4) is 11.5 Å². The van der Waals surface area contributed by atoms with Gasteiger partial charge in [0, 0.05) is 26.7 Å². The molecular weight excluding hydrogens is 352 g/mol. The van der Waals surface area contributed by atoms with Gasteiger partial charge in [0.25, 0.3) is 0 Å². The van der Waals surface area contributed by atoms with Gasteiger partial charge in [0.1, 0.15) is 0 Å². The zero-order chi connectivity index (χ0) is 20.2. The number of likely N-dealkylation sites (tertiary alicyclic amines) is 1. The van der Waals surface area contributed by atoms with E-state index in [0.29, 0.717) is 19.1 Å². The summed E-state index contributed by atoms with van der Waals surface area (Å²) in [7, 11) is 1.82. The van der Waals surface area contributed by atoms with Crippen molar-refractivity contribution in [3.05, 3.63) is 23.8 Å². The number of ether oxygens (including phenoxy) is 2. The fourth-order valence-electron chi connectivity index (χ4n) is 3.54. The molecule has 1 heterocycles. The Bertz CT molecular complexity index is 600. The summed E-state index contributed by atoms with van der Waals surface area (Å²) in [5.41, 5.74) is 1.22. The largest absolute Gasteiger partial charge is 0.490 e. The Morgan fingerprint density at radius 3 is 2.50 bits per heavy atom. The molecule has 0 aliphatic carbocycles. The summed E-state index contributed by atoms with van der Waals surface area (Å²) in [4.78, 5) is 6.90. The van der Waals surface area contributed by atoms with Crippen molar-refractivity contribution in [2.75, 3.05) is 53.0 Å². The molecule has 2 rings (SSSR count). The van der Waals surface area contributed by atoms with Gasteiger partial charge in [-0.05, 0) is 69.8 Å². The first-order valence-electron chi connectivity index (χ1n) is 10.7. The quantitative estimate of drug-likeness (QED) is 0.449. The molecule has 0 aromatic heterocycles. The van der Waals surface area contributed by atoms with E-state index in [4.69, 9.17) is 9.47 Å². The molecule has 28 heavy (non-hydrogen) atoms. The van der Waals surface area contributed by atoms with E-state index in [1.165, 1.54) is 31.5 Å². The molecule has 0 spiro atoms. The van der Waals surface area contributed by atoms with Gasteiger partial charge in [0.15, 0.2) is 17.5 Å². The van der Waals surface area contributed by atoms with Crippen LogP contribution in [0.3, 0.4) is 0 Å². The van der Waals surface area contributed by atoms with E-state index in [9.17, 15) is 0 Å². The molecular formula is C22H38N4O2. The molecule has 1 aromatic rings. The molecule has 158 valence electrons. The molecule has 0 amide bonds. The molecule has 1 aliphatic heterocycles. The van der Waals surface area contributed by atoms with E-state index in [-0.39, 0.29) is 0 Å². The average molecular weight is 391 g/mol. The molecule has 2 N–H and O–H groups in total. The first-order valence-corrected chi connectivity index (χ1v) is 10.7. The summed E-state index contributed by atoms with van der Waals surface area (Å²) in [6.45, 7) is 13.0. The summed E-state index contributed by atoms with van der Waals surface area (Å²) in [5, 5.41) is 6.87. The summed E-state index contributed by atoms with van der Waals surface area (Å²) in [5.74, 6) is 3.10. The van der Waals surface area contributed by atoms with Crippen LogP contribution in [-0.2, 0) is 6.42 Å². The number of benzene rings is 1. The maximum atomic E-state index is 5.71. The van der Waals surface area contributed by atoms with Gasteiger partial charge in [0.05, 0.1) is 13.2 Å². The highest BCUT2D eigenvalue weighted by Gasteiger charge is 2.14. The van der Waals surface area contributed by atoms with E-state index in [1.807, 2.05) is 27.0 Å². The number of hydrogen-bond donors (Lipinski definition) is 2. The number of rotatable bonds is 11. The van der Waals surface area contributed by atoms with Gasteiger partial charge in [-0.3, -0.25) is 4.99 Å². The SMILES string of the molecule is CCOc1ccc(CCNC(=NC)NCC(C)CN2CCCC2)cc1OCC. The van der Waals surface area contributed by atoms with Crippen molar-refractivity contribution in [3.63, 3.8) is 0 Å². The minimum Gasteiger partial charge on any atom is -0.490 e. The first kappa shape index (κ1) is 22.3. The third-order valence-electron chi connectivity index (χ3n) is 4.92. The van der Waals surface area contributed by atoms with Crippen LogP contribution >= 0.6 is 0 Å². The van der Waals surface area contributed by atoms with Gasteiger partial charge in [-0.2, -0.15) is 0 Å². The predicted molar refractivity (Wildman–Crippen MR) is 117 cm³/mol. The lowest BCUT2D eigenvalue weighted by atomic mass is 10.1. The lowest BCUT2D eigenvalue weighted by molar-refractivity contribution is 0.287. The highest BCUT2D eigenvalue weighted by Crippen LogP contribution is 2.28. The third kappa shape index (κ3) is 7.58. The number of guanidine groups is 1. The van der Waals surface area contributed by atoms with Crippen LogP contribution in [0, 0.1) is 5.92 Å². The molecule has 1 atom stereocenters. The minimum absolute atomic E-state index is 0.608. The third-order valence-corrected chi connectivity index (χ3v) is 4.92. The molecule has 1 aromatic carbocycles. The fourth-order valence-corrected chi connectivity index (χ4v) is 3.54. The van der Waals surface area contributed by atoms with Crippen LogP contribution in [0.25, 0.3) is 0 Å². The topological polar surface area (TPSA) is 58.1 Å². The smallest absolute Gasteiger partial charge is 0.190 e. The van der Waals surface area contributed by atoms with Crippen molar-refractivity contribution in [2.24, 2.45) is 10.9 Å². The summed E-state index contributed by atoms with van der Waals surface area (Å²) in [6, 6.07) is 6.17. The van der Waals surface area contributed by atoms with Crippen LogP contribution < -0.4 is 20.1 Å². The zero-order valence-corrected chi connectivity index (χ0v) is 18.1. The summed E-state index contributed by atoms with van der Waals surface area (Å²) >= 11 is 0. The van der Waals surface area contributed by atoms with Crippen molar-refractivity contribution < 1.29 is 9.47 Å². The van der Waals surface area contributed by atoms with E-state index < -0.39 is 0 Å². The van der Waals surface area contributed by atoms with Crippen LogP contribution in [0.4, 0.5) is 0 Å². The second kappa shape index (κ2) is 12.5. The highest BCUT2D eigenvalue weighted by molar-refractivity contribution is 5.79. The summed E-state index contributed by atoms with van der Waals surface area (Å²) in [6.07, 6.45) is 3.59. The van der Waals surface area contributed by atoms with Gasteiger partial charge in [-0.15, -0.1) is 0 Å². The van der Waals surface area contributed by atoms with Gasteiger partial charge in [-0.25, -0.2) is 0 Å². The van der Waals surface area contributed by atoms with Gasteiger partial charge < -0.3 is 25.0 Å². The van der Waals surface area contributed by atoms with Crippen LogP contribution in [0.15, 0.2) is 23.2 Å². The van der Waals surface area contributed by atoms with E-state index >= 15 is 0 Å². The number of nitrogens with zero attached hydrogens (tertiary/aromatic N) is 2. The maximum absolute atomic E-state index is 5.71. The zero-order valence-electron chi connectivity index (χ0n) is 18.1. The molecule has 0 saturated carbocycles. The van der Waals surface area contributed by atoms with Gasteiger partial charge in [-0.1, -0.05) is 13.0 Å². The van der Waals surface area contributed by atoms with Crippen LogP contribution in [0.1, 0.15) is 39.2 Å². The first-order chi connectivity index (χ1) is 13.7. The van der Waals surface area contributed by atoms with Crippen LogP contribution in [-0.4, -0.2) is 63.8 Å². The normalized spacial score (nSPS) is 16.1. The van der Waals surface area contributed by atoms with Crippen molar-refractivity contribution in [1.82, 2.24) is 15.5 Å². The Labute approximate surface area is 170 Å². The number of aliphatic imine (C=N–C) groups is 1. The van der Waals surface area contributed by atoms with E-state index in [1.54, 1.807) is 0 Å². The molecule has 1 fully saturated rings. The monoisotopic (exact) mass is 390 g/mol. The second-order valence-electron chi connectivity index (χ2n) is 7.39. The van der Waals surface area contributed by atoms with Crippen LogP contribution in [0.2, 0.25) is 0 Å².